The molecule has 1 heterocycles. The molecule has 0 saturated heterocycles. The van der Waals surface area contributed by atoms with E-state index in [0.717, 1.165) is 4.47 Å². The number of hydrogen-bond acceptors (Lipinski definition) is 4. The molecule has 0 spiro atoms. The molecule has 0 aliphatic carbocycles. The molecule has 5 nitrogen and oxygen atoms in total. The van der Waals surface area contributed by atoms with E-state index in [9.17, 15) is 8.42 Å². The van der Waals surface area contributed by atoms with Gasteiger partial charge in [-0.2, -0.15) is 0 Å². The summed E-state index contributed by atoms with van der Waals surface area (Å²) in [6, 6.07) is 12.0. The molecule has 2 aromatic rings. The Morgan fingerprint density at radius 3 is 2.67 bits per heavy atom. The lowest BCUT2D eigenvalue weighted by Crippen LogP contribution is -2.31. The first-order valence-electron chi connectivity index (χ1n) is 6.18. The molecule has 0 saturated carbocycles. The van der Waals surface area contributed by atoms with Crippen LogP contribution in [0.3, 0.4) is 0 Å². The fourth-order valence-electron chi connectivity index (χ4n) is 2.12. The Balaban J connectivity index is 2.03. The molecular formula is C14H12BrN3O2S. The van der Waals surface area contributed by atoms with Gasteiger partial charge in [-0.05, 0) is 24.3 Å². The smallest absolute Gasteiger partial charge is 0.267 e. The summed E-state index contributed by atoms with van der Waals surface area (Å²) in [6.45, 7) is 0.132. The Bertz CT molecular complexity index is 814. The van der Waals surface area contributed by atoms with Crippen molar-refractivity contribution in [2.75, 3.05) is 5.73 Å². The molecule has 2 aromatic carbocycles. The number of hydrogen-bond donors (Lipinski definition) is 1. The van der Waals surface area contributed by atoms with Crippen molar-refractivity contribution < 1.29 is 8.42 Å². The van der Waals surface area contributed by atoms with E-state index in [4.69, 9.17) is 5.73 Å². The molecule has 0 atom stereocenters. The van der Waals surface area contributed by atoms with Crippen molar-refractivity contribution in [3.05, 3.63) is 52.5 Å². The molecule has 1 aliphatic rings. The summed E-state index contributed by atoms with van der Waals surface area (Å²) in [6.07, 6.45) is 1.33. The second-order valence-corrected chi connectivity index (χ2v) is 7.28. The predicted molar refractivity (Wildman–Crippen MR) is 85.9 cm³/mol. The van der Waals surface area contributed by atoms with Gasteiger partial charge >= 0.3 is 0 Å². The molecule has 3 rings (SSSR count). The van der Waals surface area contributed by atoms with Crippen molar-refractivity contribution in [1.82, 2.24) is 4.31 Å². The second-order valence-electron chi connectivity index (χ2n) is 4.57. The van der Waals surface area contributed by atoms with Crippen LogP contribution in [0.2, 0.25) is 0 Å². The number of rotatable bonds is 2. The van der Waals surface area contributed by atoms with Crippen LogP contribution < -0.4 is 5.73 Å². The summed E-state index contributed by atoms with van der Waals surface area (Å²) in [7, 11) is -3.61. The number of anilines is 1. The first-order chi connectivity index (χ1) is 10.00. The van der Waals surface area contributed by atoms with E-state index in [1.54, 1.807) is 36.4 Å². The molecule has 0 radical (unpaired) electrons. The van der Waals surface area contributed by atoms with Crippen molar-refractivity contribution in [3.63, 3.8) is 0 Å². The van der Waals surface area contributed by atoms with E-state index in [2.05, 4.69) is 20.9 Å². The molecule has 1 aliphatic heterocycles. The van der Waals surface area contributed by atoms with Crippen LogP contribution in [-0.4, -0.2) is 19.1 Å². The molecule has 0 fully saturated rings. The predicted octanol–water partition coefficient (Wildman–Crippen LogP) is 2.90. The average Bonchev–Trinajstić information content (AvgIpc) is 2.45. The van der Waals surface area contributed by atoms with Crippen LogP contribution >= 0.6 is 15.9 Å². The molecule has 108 valence electrons. The number of benzene rings is 2. The SMILES string of the molecule is Nc1cccc(Br)c1CN1C=Nc2ccccc2S1(=O)=O. The van der Waals surface area contributed by atoms with Gasteiger partial charge in [0.1, 0.15) is 11.2 Å². The average molecular weight is 366 g/mol. The number of sulfonamides is 1. The standard InChI is InChI=1S/C14H12BrN3O2S/c15-11-4-3-5-12(16)10(11)8-18-9-17-13-6-1-2-7-14(13)21(18,19)20/h1-7,9H,8,16H2. The number of nitrogens with zero attached hydrogens (tertiary/aromatic N) is 2. The maximum absolute atomic E-state index is 12.6. The van der Waals surface area contributed by atoms with Gasteiger partial charge in [-0.25, -0.2) is 13.4 Å². The van der Waals surface area contributed by atoms with Crippen molar-refractivity contribution in [3.8, 4) is 0 Å². The number of nitrogen functional groups attached to an aromatic ring is 1. The Kier molecular flexibility index (Phi) is 3.46. The van der Waals surface area contributed by atoms with E-state index >= 15 is 0 Å². The highest BCUT2D eigenvalue weighted by molar-refractivity contribution is 9.10. The zero-order valence-corrected chi connectivity index (χ0v) is 13.3. The zero-order valence-electron chi connectivity index (χ0n) is 10.9. The third-order valence-electron chi connectivity index (χ3n) is 3.25. The highest BCUT2D eigenvalue weighted by Crippen LogP contribution is 2.32. The van der Waals surface area contributed by atoms with Gasteiger partial charge in [0.25, 0.3) is 10.0 Å². The topological polar surface area (TPSA) is 75.8 Å². The minimum absolute atomic E-state index is 0.132. The summed E-state index contributed by atoms with van der Waals surface area (Å²) in [5.41, 5.74) is 7.63. The Labute approximate surface area is 131 Å². The molecule has 0 aromatic heterocycles. The molecule has 21 heavy (non-hydrogen) atoms. The van der Waals surface area contributed by atoms with Crippen LogP contribution in [0.4, 0.5) is 11.4 Å². The van der Waals surface area contributed by atoms with Gasteiger partial charge in [-0.1, -0.05) is 34.1 Å². The second kappa shape index (κ2) is 5.16. The third-order valence-corrected chi connectivity index (χ3v) is 5.73. The first kappa shape index (κ1) is 14.1. The van der Waals surface area contributed by atoms with Crippen molar-refractivity contribution in [1.29, 1.82) is 0 Å². The van der Waals surface area contributed by atoms with E-state index in [1.807, 2.05) is 6.07 Å². The van der Waals surface area contributed by atoms with Gasteiger partial charge in [-0.15, -0.1) is 0 Å². The monoisotopic (exact) mass is 365 g/mol. The summed E-state index contributed by atoms with van der Waals surface area (Å²) >= 11 is 3.40. The molecule has 0 unspecified atom stereocenters. The summed E-state index contributed by atoms with van der Waals surface area (Å²) < 4.78 is 27.2. The van der Waals surface area contributed by atoms with E-state index in [0.29, 0.717) is 16.9 Å². The quantitative estimate of drug-likeness (QED) is 0.831. The van der Waals surface area contributed by atoms with Crippen LogP contribution in [0.1, 0.15) is 5.56 Å². The molecule has 2 N–H and O–H groups in total. The molecular weight excluding hydrogens is 354 g/mol. The fourth-order valence-corrected chi connectivity index (χ4v) is 3.99. The third kappa shape index (κ3) is 2.43. The van der Waals surface area contributed by atoms with Crippen molar-refractivity contribution in [2.45, 2.75) is 11.4 Å². The highest BCUT2D eigenvalue weighted by Gasteiger charge is 2.29. The van der Waals surface area contributed by atoms with Gasteiger partial charge in [-0.3, -0.25) is 4.31 Å². The van der Waals surface area contributed by atoms with Gasteiger partial charge in [0.2, 0.25) is 0 Å². The lowest BCUT2D eigenvalue weighted by atomic mass is 10.2. The van der Waals surface area contributed by atoms with Gasteiger partial charge in [0.05, 0.1) is 12.2 Å². The fraction of sp³-hybridized carbons (Fsp3) is 0.0714. The number of para-hydroxylation sites is 1. The van der Waals surface area contributed by atoms with Crippen LogP contribution in [0.25, 0.3) is 0 Å². The molecule has 7 heteroatoms. The van der Waals surface area contributed by atoms with E-state index in [-0.39, 0.29) is 11.4 Å². The van der Waals surface area contributed by atoms with Gasteiger partial charge in [0, 0.05) is 15.7 Å². The highest BCUT2D eigenvalue weighted by atomic mass is 79.9. The Morgan fingerprint density at radius 1 is 1.14 bits per heavy atom. The molecule has 0 bridgehead atoms. The summed E-state index contributed by atoms with van der Waals surface area (Å²) in [5, 5.41) is 0. The van der Waals surface area contributed by atoms with Gasteiger partial charge < -0.3 is 5.73 Å². The minimum atomic E-state index is -3.61. The normalized spacial score (nSPS) is 15.8. The van der Waals surface area contributed by atoms with Crippen LogP contribution in [0.15, 0.2) is 56.8 Å². The van der Waals surface area contributed by atoms with Crippen LogP contribution in [0, 0.1) is 0 Å². The number of fused-ring (bicyclic) bond motifs is 1. The zero-order chi connectivity index (χ0) is 15.0. The largest absolute Gasteiger partial charge is 0.398 e. The lowest BCUT2D eigenvalue weighted by Gasteiger charge is -2.25. The summed E-state index contributed by atoms with van der Waals surface area (Å²) in [4.78, 5) is 4.40. The van der Waals surface area contributed by atoms with Crippen molar-refractivity contribution in [2.24, 2.45) is 4.99 Å². The van der Waals surface area contributed by atoms with Gasteiger partial charge in [0.15, 0.2) is 0 Å². The Morgan fingerprint density at radius 2 is 1.90 bits per heavy atom. The maximum Gasteiger partial charge on any atom is 0.267 e. The first-order valence-corrected chi connectivity index (χ1v) is 8.41. The molecule has 0 amide bonds. The minimum Gasteiger partial charge on any atom is -0.398 e. The van der Waals surface area contributed by atoms with Crippen LogP contribution in [-0.2, 0) is 16.6 Å². The number of halogens is 1. The number of nitrogens with two attached hydrogens (primary N) is 1. The Hall–Kier alpha value is -1.86. The van der Waals surface area contributed by atoms with Crippen LogP contribution in [0.5, 0.6) is 0 Å². The van der Waals surface area contributed by atoms with E-state index in [1.165, 1.54) is 10.6 Å². The summed E-state index contributed by atoms with van der Waals surface area (Å²) in [5.74, 6) is 0. The van der Waals surface area contributed by atoms with Crippen molar-refractivity contribution >= 4 is 43.7 Å². The van der Waals surface area contributed by atoms with E-state index < -0.39 is 10.0 Å². The lowest BCUT2D eigenvalue weighted by molar-refractivity contribution is 0.521. The number of aliphatic imine (C=N–C) groups is 1. The maximum atomic E-state index is 12.6.